The molecule has 2 aromatic rings. The third kappa shape index (κ3) is 4.16. The normalized spacial score (nSPS) is 16.4. The highest BCUT2D eigenvalue weighted by Crippen LogP contribution is 2.12. The number of aryl methyl sites for hydroxylation is 1. The van der Waals surface area contributed by atoms with Crippen LogP contribution in [0.3, 0.4) is 0 Å². The molecule has 0 saturated carbocycles. The first kappa shape index (κ1) is 20.2. The lowest BCUT2D eigenvalue weighted by Gasteiger charge is -2.28. The number of para-hydroxylation sites is 1. The van der Waals surface area contributed by atoms with Crippen LogP contribution in [-0.2, 0) is 11.3 Å². The Balaban J connectivity index is 0.00000243. The summed E-state index contributed by atoms with van der Waals surface area (Å²) < 4.78 is 1.48. The molecule has 1 aliphatic heterocycles. The topological polar surface area (TPSA) is 87.2 Å². The molecule has 2 heterocycles. The van der Waals surface area contributed by atoms with E-state index >= 15 is 0 Å². The molecule has 2 N–H and O–H groups in total. The molecule has 1 aromatic heterocycles. The summed E-state index contributed by atoms with van der Waals surface area (Å²) in [6.07, 6.45) is 2.11. The Morgan fingerprint density at radius 1 is 1.31 bits per heavy atom. The van der Waals surface area contributed by atoms with Crippen LogP contribution in [0.4, 0.5) is 0 Å². The Morgan fingerprint density at radius 3 is 2.77 bits per heavy atom. The van der Waals surface area contributed by atoms with Gasteiger partial charge < -0.3 is 10.2 Å². The van der Waals surface area contributed by atoms with E-state index < -0.39 is 11.2 Å². The first-order chi connectivity index (χ1) is 12.1. The molecule has 0 radical (unpaired) electrons. The first-order valence-corrected chi connectivity index (χ1v) is 8.84. The summed E-state index contributed by atoms with van der Waals surface area (Å²) in [7, 11) is 0. The number of fused-ring (bicyclic) bond motifs is 1. The van der Waals surface area contributed by atoms with Crippen molar-refractivity contribution in [2.75, 3.05) is 19.6 Å². The van der Waals surface area contributed by atoms with Crippen molar-refractivity contribution < 1.29 is 4.79 Å². The van der Waals surface area contributed by atoms with Gasteiger partial charge in [0.1, 0.15) is 0 Å². The zero-order chi connectivity index (χ0) is 17.8. The molecule has 1 unspecified atom stereocenters. The number of hydrogen-bond acceptors (Lipinski definition) is 4. The number of hydrogen-bond donors (Lipinski definition) is 2. The van der Waals surface area contributed by atoms with Crippen molar-refractivity contribution in [3.8, 4) is 0 Å². The second kappa shape index (κ2) is 9.00. The Hall–Kier alpha value is -2.12. The van der Waals surface area contributed by atoms with Crippen molar-refractivity contribution in [1.82, 2.24) is 19.8 Å². The van der Waals surface area contributed by atoms with E-state index in [0.717, 1.165) is 32.5 Å². The third-order valence-corrected chi connectivity index (χ3v) is 4.71. The van der Waals surface area contributed by atoms with Crippen LogP contribution in [0, 0.1) is 0 Å². The molecular weight excluding hydrogens is 356 g/mol. The fraction of sp³-hybridized carbons (Fsp3) is 0.500. The largest absolute Gasteiger partial charge is 0.338 e. The predicted octanol–water partition coefficient (Wildman–Crippen LogP) is 1.10. The number of carbonyl (C=O) groups excluding carboxylic acids is 1. The summed E-state index contributed by atoms with van der Waals surface area (Å²) in [6.45, 7) is 4.81. The minimum atomic E-state index is -0.471. The molecule has 142 valence electrons. The molecule has 1 saturated heterocycles. The minimum absolute atomic E-state index is 0. The van der Waals surface area contributed by atoms with Crippen LogP contribution in [-0.4, -0.2) is 46.0 Å². The molecule has 3 rings (SSSR count). The summed E-state index contributed by atoms with van der Waals surface area (Å²) >= 11 is 0. The molecule has 8 heteroatoms. The summed E-state index contributed by atoms with van der Waals surface area (Å²) in [5, 5.41) is 3.75. The number of nitrogens with zero attached hydrogens (tertiary/aromatic N) is 2. The van der Waals surface area contributed by atoms with Crippen LogP contribution < -0.4 is 16.6 Å². The van der Waals surface area contributed by atoms with Gasteiger partial charge in [-0.3, -0.25) is 19.1 Å². The van der Waals surface area contributed by atoms with E-state index in [1.807, 2.05) is 4.90 Å². The lowest BCUT2D eigenvalue weighted by atomic mass is 10.2. The van der Waals surface area contributed by atoms with Gasteiger partial charge in [0.15, 0.2) is 0 Å². The van der Waals surface area contributed by atoms with Gasteiger partial charge in [-0.2, -0.15) is 0 Å². The Labute approximate surface area is 157 Å². The van der Waals surface area contributed by atoms with E-state index in [9.17, 15) is 14.4 Å². The second-order valence-electron chi connectivity index (χ2n) is 6.41. The van der Waals surface area contributed by atoms with Crippen molar-refractivity contribution >= 4 is 29.2 Å². The fourth-order valence-corrected chi connectivity index (χ4v) is 3.47. The second-order valence-corrected chi connectivity index (χ2v) is 6.41. The van der Waals surface area contributed by atoms with Crippen LogP contribution in [0.1, 0.15) is 26.2 Å². The van der Waals surface area contributed by atoms with Crippen molar-refractivity contribution in [2.24, 2.45) is 0 Å². The highest BCUT2D eigenvalue weighted by molar-refractivity contribution is 5.85. The zero-order valence-electron chi connectivity index (χ0n) is 14.9. The summed E-state index contributed by atoms with van der Waals surface area (Å²) in [6, 6.07) is 7.19. The van der Waals surface area contributed by atoms with Crippen molar-refractivity contribution in [2.45, 2.75) is 38.8 Å². The maximum absolute atomic E-state index is 12.7. The van der Waals surface area contributed by atoms with Gasteiger partial charge in [-0.05, 0) is 31.5 Å². The maximum Gasteiger partial charge on any atom is 0.328 e. The van der Waals surface area contributed by atoms with Crippen molar-refractivity contribution in [3.63, 3.8) is 0 Å². The van der Waals surface area contributed by atoms with E-state index in [1.54, 1.807) is 24.3 Å². The number of amides is 1. The molecule has 1 fully saturated rings. The maximum atomic E-state index is 12.7. The molecule has 0 aliphatic carbocycles. The molecule has 1 aliphatic rings. The average molecular weight is 381 g/mol. The number of aromatic nitrogens is 2. The van der Waals surface area contributed by atoms with Gasteiger partial charge in [-0.15, -0.1) is 12.4 Å². The molecule has 1 atom stereocenters. The summed E-state index contributed by atoms with van der Waals surface area (Å²) in [5.74, 6) is 0.0535. The van der Waals surface area contributed by atoms with Gasteiger partial charge in [0, 0.05) is 32.1 Å². The van der Waals surface area contributed by atoms with Crippen molar-refractivity contribution in [3.05, 3.63) is 45.1 Å². The number of carbonyl (C=O) groups is 1. The van der Waals surface area contributed by atoms with Gasteiger partial charge in [-0.25, -0.2) is 4.79 Å². The van der Waals surface area contributed by atoms with E-state index in [-0.39, 0.29) is 37.3 Å². The highest BCUT2D eigenvalue weighted by Gasteiger charge is 2.25. The van der Waals surface area contributed by atoms with E-state index in [1.165, 1.54) is 4.57 Å². The SMILES string of the molecule is CCCN(C(=O)CCn1c(=O)[nH]c(=O)c2ccccc21)C1CCNC1.Cl. The lowest BCUT2D eigenvalue weighted by Crippen LogP contribution is -2.42. The third-order valence-electron chi connectivity index (χ3n) is 4.71. The van der Waals surface area contributed by atoms with Crippen LogP contribution in [0.5, 0.6) is 0 Å². The molecular formula is C18H25ClN4O3. The molecule has 26 heavy (non-hydrogen) atoms. The monoisotopic (exact) mass is 380 g/mol. The van der Waals surface area contributed by atoms with Crippen LogP contribution in [0.15, 0.2) is 33.9 Å². The molecule has 1 aromatic carbocycles. The van der Waals surface area contributed by atoms with Gasteiger partial charge in [0.2, 0.25) is 5.91 Å². The minimum Gasteiger partial charge on any atom is -0.338 e. The standard InChI is InChI=1S/C18H24N4O3.ClH/c1-2-10-21(13-7-9-19-12-13)16(23)8-11-22-15-6-4-3-5-14(15)17(24)20-18(22)25;/h3-6,13,19H,2,7-12H2,1H3,(H,20,24,25);1H. The number of nitrogens with one attached hydrogen (secondary N) is 2. The van der Waals surface area contributed by atoms with E-state index in [0.29, 0.717) is 10.9 Å². The Kier molecular flexibility index (Phi) is 6.99. The van der Waals surface area contributed by atoms with Crippen LogP contribution >= 0.6 is 12.4 Å². The zero-order valence-corrected chi connectivity index (χ0v) is 15.7. The fourth-order valence-electron chi connectivity index (χ4n) is 3.47. The van der Waals surface area contributed by atoms with Crippen molar-refractivity contribution in [1.29, 1.82) is 0 Å². The van der Waals surface area contributed by atoms with E-state index in [2.05, 4.69) is 17.2 Å². The van der Waals surface area contributed by atoms with Crippen LogP contribution in [0.25, 0.3) is 10.9 Å². The predicted molar refractivity (Wildman–Crippen MR) is 104 cm³/mol. The van der Waals surface area contributed by atoms with Gasteiger partial charge >= 0.3 is 5.69 Å². The number of benzene rings is 1. The quantitative estimate of drug-likeness (QED) is 0.785. The summed E-state index contributed by atoms with van der Waals surface area (Å²) in [5.41, 5.74) is -0.303. The molecule has 0 spiro atoms. The highest BCUT2D eigenvalue weighted by atomic mass is 35.5. The molecule has 1 amide bonds. The molecule has 0 bridgehead atoms. The smallest absolute Gasteiger partial charge is 0.328 e. The Morgan fingerprint density at radius 2 is 2.08 bits per heavy atom. The van der Waals surface area contributed by atoms with Gasteiger partial charge in [0.25, 0.3) is 5.56 Å². The lowest BCUT2D eigenvalue weighted by molar-refractivity contribution is -0.133. The van der Waals surface area contributed by atoms with Gasteiger partial charge in [0.05, 0.1) is 10.9 Å². The average Bonchev–Trinajstić information content (AvgIpc) is 3.13. The number of halogens is 1. The van der Waals surface area contributed by atoms with Gasteiger partial charge in [-0.1, -0.05) is 19.1 Å². The number of H-pyrrole nitrogens is 1. The number of aromatic amines is 1. The number of rotatable bonds is 6. The Bertz CT molecular complexity index is 871. The van der Waals surface area contributed by atoms with Crippen LogP contribution in [0.2, 0.25) is 0 Å². The van der Waals surface area contributed by atoms with E-state index in [4.69, 9.17) is 0 Å². The molecule has 7 nitrogen and oxygen atoms in total. The first-order valence-electron chi connectivity index (χ1n) is 8.84. The summed E-state index contributed by atoms with van der Waals surface area (Å²) in [4.78, 5) is 41.1.